The fraction of sp³-hybridized carbons (Fsp3) is 0.412. The average Bonchev–Trinajstić information content (AvgIpc) is 3.08. The summed E-state index contributed by atoms with van der Waals surface area (Å²) in [5.74, 6) is 0.867. The van der Waals surface area contributed by atoms with Crippen molar-refractivity contribution in [3.05, 3.63) is 52.6 Å². The molecule has 7 N–H and O–H groups in total. The number of methoxy groups -OCH3 is 1. The molecule has 2 heterocycles. The van der Waals surface area contributed by atoms with E-state index in [1.807, 2.05) is 0 Å². The van der Waals surface area contributed by atoms with E-state index in [4.69, 9.17) is 19.3 Å². The molecule has 0 spiro atoms. The fourth-order valence-electron chi connectivity index (χ4n) is 3.21. The molecule has 0 radical (unpaired) electrons. The second-order valence-corrected chi connectivity index (χ2v) is 12.1. The summed E-state index contributed by atoms with van der Waals surface area (Å²) in [6.07, 6.45) is -5.35. The van der Waals surface area contributed by atoms with Crippen LogP contribution in [0.4, 0.5) is 5.82 Å². The van der Waals surface area contributed by atoms with Crippen molar-refractivity contribution in [2.75, 3.05) is 19.0 Å². The van der Waals surface area contributed by atoms with Crippen LogP contribution in [0.25, 0.3) is 0 Å². The van der Waals surface area contributed by atoms with E-state index in [0.717, 1.165) is 10.1 Å². The van der Waals surface area contributed by atoms with E-state index in [1.165, 1.54) is 19.4 Å². The van der Waals surface area contributed by atoms with Crippen molar-refractivity contribution < 1.29 is 66.1 Å². The maximum absolute atomic E-state index is 12.5. The second-order valence-electron chi connectivity index (χ2n) is 7.64. The van der Waals surface area contributed by atoms with Crippen molar-refractivity contribution in [2.24, 2.45) is 0 Å². The number of nitrogens with zero attached hydrogens (tertiary/aromatic N) is 2. The third-order valence-corrected chi connectivity index (χ3v) is 8.69. The lowest BCUT2D eigenvalue weighted by molar-refractivity contribution is -0.0541. The number of phosphoric acid groups is 3. The first-order valence-corrected chi connectivity index (χ1v) is 14.9. The van der Waals surface area contributed by atoms with Crippen molar-refractivity contribution in [1.29, 1.82) is 0 Å². The SMILES string of the molecule is COc1ccc(CNc2ccn([C@@H]3O[C@H](COP(=O)(O)OP(=O)(O)OP(=O)(O)O)[C@@H](O)[C@H]3O)c(=O)n2)cc1. The largest absolute Gasteiger partial charge is 0.497 e. The molecular weight excluding hydrogens is 579 g/mol. The van der Waals surface area contributed by atoms with Gasteiger partial charge in [-0.05, 0) is 23.8 Å². The molecule has 6 atom stereocenters. The summed E-state index contributed by atoms with van der Waals surface area (Å²) in [6, 6.07) is 8.52. The standard InChI is InChI=1S/C17H24N3O15P3/c1-31-11-4-2-10(3-5-11)8-18-13-6-7-20(17(23)19-13)16-15(22)14(21)12(33-16)9-32-37(27,28)35-38(29,30)34-36(24,25)26/h2-7,12,14-16,21-22H,8-9H2,1H3,(H,27,28)(H,29,30)(H,18,19,23)(H2,24,25,26)/t12-,14-,15-,16-/m1/s1. The third-order valence-electron chi connectivity index (χ3n) is 4.89. The lowest BCUT2D eigenvalue weighted by Crippen LogP contribution is -2.36. The van der Waals surface area contributed by atoms with E-state index in [0.29, 0.717) is 12.3 Å². The van der Waals surface area contributed by atoms with Gasteiger partial charge in [0.2, 0.25) is 0 Å². The van der Waals surface area contributed by atoms with Crippen molar-refractivity contribution in [3.63, 3.8) is 0 Å². The highest BCUT2D eigenvalue weighted by Gasteiger charge is 2.46. The van der Waals surface area contributed by atoms with Gasteiger partial charge in [0.1, 0.15) is 29.9 Å². The van der Waals surface area contributed by atoms with Crippen LogP contribution in [-0.2, 0) is 38.1 Å². The van der Waals surface area contributed by atoms with E-state index in [1.54, 1.807) is 24.3 Å². The number of rotatable bonds is 12. The summed E-state index contributed by atoms with van der Waals surface area (Å²) in [5.41, 5.74) is -0.0113. The van der Waals surface area contributed by atoms with Gasteiger partial charge in [0.25, 0.3) is 0 Å². The molecule has 1 aromatic heterocycles. The lowest BCUT2D eigenvalue weighted by Gasteiger charge is -2.19. The van der Waals surface area contributed by atoms with Crippen LogP contribution in [0.3, 0.4) is 0 Å². The van der Waals surface area contributed by atoms with Crippen LogP contribution >= 0.6 is 23.5 Å². The van der Waals surface area contributed by atoms with Crippen LogP contribution in [0.2, 0.25) is 0 Å². The third kappa shape index (κ3) is 8.49. The Hall–Kier alpha value is -2.01. The van der Waals surface area contributed by atoms with Gasteiger partial charge < -0.3 is 44.6 Å². The summed E-state index contributed by atoms with van der Waals surface area (Å²) >= 11 is 0. The summed E-state index contributed by atoms with van der Waals surface area (Å²) in [5, 5.41) is 23.5. The molecule has 2 aromatic rings. The van der Waals surface area contributed by atoms with E-state index in [9.17, 15) is 38.5 Å². The second kappa shape index (κ2) is 12.0. The zero-order valence-corrected chi connectivity index (χ0v) is 22.0. The van der Waals surface area contributed by atoms with Crippen LogP contribution in [-0.4, -0.2) is 71.4 Å². The Morgan fingerprint density at radius 3 is 2.24 bits per heavy atom. The molecule has 212 valence electrons. The molecule has 1 fully saturated rings. The van der Waals surface area contributed by atoms with Gasteiger partial charge in [0, 0.05) is 12.7 Å². The van der Waals surface area contributed by atoms with Gasteiger partial charge in [0.15, 0.2) is 6.23 Å². The smallest absolute Gasteiger partial charge is 0.490 e. The molecule has 1 aliphatic heterocycles. The van der Waals surface area contributed by atoms with E-state index in [2.05, 4.69) is 23.4 Å². The van der Waals surface area contributed by atoms with Gasteiger partial charge in [-0.15, -0.1) is 0 Å². The van der Waals surface area contributed by atoms with Crippen LogP contribution < -0.4 is 15.7 Å². The van der Waals surface area contributed by atoms with Gasteiger partial charge in [-0.25, -0.2) is 18.5 Å². The summed E-state index contributed by atoms with van der Waals surface area (Å²) < 4.78 is 56.8. The summed E-state index contributed by atoms with van der Waals surface area (Å²) in [4.78, 5) is 52.1. The molecule has 1 saturated heterocycles. The highest BCUT2D eigenvalue weighted by Crippen LogP contribution is 2.66. The topological polar surface area (TPSA) is 266 Å². The molecule has 0 saturated carbocycles. The highest BCUT2D eigenvalue weighted by molar-refractivity contribution is 7.66. The Bertz CT molecular complexity index is 1320. The number of phosphoric ester groups is 1. The van der Waals surface area contributed by atoms with Gasteiger partial charge >= 0.3 is 29.2 Å². The Labute approximate surface area is 213 Å². The predicted octanol–water partition coefficient (Wildman–Crippen LogP) is -0.174. The number of aromatic nitrogens is 2. The monoisotopic (exact) mass is 603 g/mol. The zero-order valence-electron chi connectivity index (χ0n) is 19.3. The van der Waals surface area contributed by atoms with Crippen LogP contribution in [0, 0.1) is 0 Å². The normalized spacial score (nSPS) is 24.9. The maximum Gasteiger partial charge on any atom is 0.490 e. The molecule has 1 aliphatic rings. The zero-order chi connectivity index (χ0) is 28.3. The average molecular weight is 603 g/mol. The minimum Gasteiger partial charge on any atom is -0.497 e. The van der Waals surface area contributed by atoms with Crippen molar-refractivity contribution in [2.45, 2.75) is 31.1 Å². The molecule has 18 nitrogen and oxygen atoms in total. The number of hydrogen-bond acceptors (Lipinski definition) is 13. The van der Waals surface area contributed by atoms with Crippen LogP contribution in [0.15, 0.2) is 41.3 Å². The Balaban J connectivity index is 1.61. The Kier molecular flexibility index (Phi) is 9.66. The summed E-state index contributed by atoms with van der Waals surface area (Å²) in [7, 11) is -15.3. The van der Waals surface area contributed by atoms with Gasteiger partial charge in [-0.1, -0.05) is 12.1 Å². The first-order valence-electron chi connectivity index (χ1n) is 10.3. The summed E-state index contributed by atoms with van der Waals surface area (Å²) in [6.45, 7) is -0.702. The van der Waals surface area contributed by atoms with Crippen molar-refractivity contribution >= 4 is 29.3 Å². The van der Waals surface area contributed by atoms with E-state index >= 15 is 0 Å². The number of benzene rings is 1. The minimum absolute atomic E-state index is 0.194. The fourth-order valence-corrected chi connectivity index (χ4v) is 6.24. The molecule has 0 amide bonds. The minimum atomic E-state index is -5.74. The van der Waals surface area contributed by atoms with Crippen molar-refractivity contribution in [1.82, 2.24) is 9.55 Å². The van der Waals surface area contributed by atoms with E-state index in [-0.39, 0.29) is 5.82 Å². The van der Waals surface area contributed by atoms with Gasteiger partial charge in [0.05, 0.1) is 13.7 Å². The maximum atomic E-state index is 12.5. The first-order chi connectivity index (χ1) is 17.6. The Morgan fingerprint density at radius 1 is 1.00 bits per heavy atom. The molecule has 21 heteroatoms. The molecule has 0 aliphatic carbocycles. The van der Waals surface area contributed by atoms with Gasteiger partial charge in [-0.2, -0.15) is 13.6 Å². The molecular formula is C17H24N3O15P3. The Morgan fingerprint density at radius 2 is 1.66 bits per heavy atom. The molecule has 38 heavy (non-hydrogen) atoms. The first kappa shape index (κ1) is 30.5. The number of hydrogen-bond donors (Lipinski definition) is 7. The lowest BCUT2D eigenvalue weighted by atomic mass is 10.1. The predicted molar refractivity (Wildman–Crippen MR) is 125 cm³/mol. The number of aliphatic hydroxyl groups is 2. The molecule has 1 aromatic carbocycles. The number of ether oxygens (including phenoxy) is 2. The van der Waals surface area contributed by atoms with Gasteiger partial charge in [-0.3, -0.25) is 9.09 Å². The van der Waals surface area contributed by atoms with Crippen LogP contribution in [0.5, 0.6) is 5.75 Å². The number of nitrogens with one attached hydrogen (secondary N) is 1. The quantitative estimate of drug-likeness (QED) is 0.155. The molecule has 2 unspecified atom stereocenters. The van der Waals surface area contributed by atoms with Crippen molar-refractivity contribution in [3.8, 4) is 5.75 Å². The number of anilines is 1. The molecule has 3 rings (SSSR count). The van der Waals surface area contributed by atoms with Crippen LogP contribution in [0.1, 0.15) is 11.8 Å². The number of aliphatic hydroxyl groups excluding tert-OH is 2. The highest BCUT2D eigenvalue weighted by atomic mass is 31.3. The van der Waals surface area contributed by atoms with E-state index < -0.39 is 60.3 Å². The molecule has 0 bridgehead atoms.